The second-order valence-electron chi connectivity index (χ2n) is 7.77. The second-order valence-corrected chi connectivity index (χ2v) is 8.88. The standard InChI is InChI=1S/C19H33N3S/c1-3-11-22(12-10-15-6-4-14(2)5-7-15)16-8-9-18-17(13-16)21-19(20)23-18/h14-16H,3-13H2,1-2H3,(H2,20,21). The number of rotatable bonds is 6. The first-order chi connectivity index (χ1) is 11.2. The molecule has 1 aromatic heterocycles. The van der Waals surface area contributed by atoms with Crippen LogP contribution in [0.3, 0.4) is 0 Å². The molecule has 0 spiro atoms. The lowest BCUT2D eigenvalue weighted by Crippen LogP contribution is -2.41. The van der Waals surface area contributed by atoms with E-state index in [1.165, 1.54) is 75.0 Å². The molecule has 23 heavy (non-hydrogen) atoms. The van der Waals surface area contributed by atoms with Crippen molar-refractivity contribution >= 4 is 16.5 Å². The first-order valence-electron chi connectivity index (χ1n) is 9.63. The summed E-state index contributed by atoms with van der Waals surface area (Å²) in [5, 5.41) is 0.758. The zero-order valence-corrected chi connectivity index (χ0v) is 15.7. The van der Waals surface area contributed by atoms with E-state index < -0.39 is 0 Å². The molecule has 1 unspecified atom stereocenters. The van der Waals surface area contributed by atoms with Crippen molar-refractivity contribution < 1.29 is 0 Å². The molecule has 3 rings (SSSR count). The highest BCUT2D eigenvalue weighted by Crippen LogP contribution is 2.33. The van der Waals surface area contributed by atoms with E-state index >= 15 is 0 Å². The fourth-order valence-electron chi connectivity index (χ4n) is 4.42. The summed E-state index contributed by atoms with van der Waals surface area (Å²) >= 11 is 1.70. The average Bonchev–Trinajstić information content (AvgIpc) is 2.92. The number of nitrogen functional groups attached to an aromatic ring is 1. The van der Waals surface area contributed by atoms with Gasteiger partial charge in [0.05, 0.1) is 5.69 Å². The van der Waals surface area contributed by atoms with Crippen molar-refractivity contribution in [2.75, 3.05) is 18.8 Å². The van der Waals surface area contributed by atoms with E-state index in [2.05, 4.69) is 23.7 Å². The van der Waals surface area contributed by atoms with Crippen molar-refractivity contribution in [3.63, 3.8) is 0 Å². The summed E-state index contributed by atoms with van der Waals surface area (Å²) in [5.74, 6) is 1.93. The maximum absolute atomic E-state index is 5.90. The molecular weight excluding hydrogens is 302 g/mol. The van der Waals surface area contributed by atoms with Crippen molar-refractivity contribution in [3.8, 4) is 0 Å². The zero-order valence-electron chi connectivity index (χ0n) is 14.9. The van der Waals surface area contributed by atoms with Crippen LogP contribution in [0.5, 0.6) is 0 Å². The largest absolute Gasteiger partial charge is 0.375 e. The monoisotopic (exact) mass is 335 g/mol. The number of aryl methyl sites for hydroxylation is 1. The number of hydrogen-bond donors (Lipinski definition) is 1. The van der Waals surface area contributed by atoms with E-state index in [0.29, 0.717) is 6.04 Å². The summed E-state index contributed by atoms with van der Waals surface area (Å²) in [6.45, 7) is 7.25. The molecule has 0 bridgehead atoms. The molecule has 0 radical (unpaired) electrons. The van der Waals surface area contributed by atoms with Gasteiger partial charge in [-0.1, -0.05) is 39.5 Å². The summed E-state index contributed by atoms with van der Waals surface area (Å²) < 4.78 is 0. The molecule has 1 atom stereocenters. The van der Waals surface area contributed by atoms with Gasteiger partial charge in [-0.15, -0.1) is 11.3 Å². The smallest absolute Gasteiger partial charge is 0.180 e. The van der Waals surface area contributed by atoms with Gasteiger partial charge in [0, 0.05) is 17.3 Å². The van der Waals surface area contributed by atoms with E-state index in [1.807, 2.05) is 0 Å². The van der Waals surface area contributed by atoms with Gasteiger partial charge in [0.15, 0.2) is 5.13 Å². The van der Waals surface area contributed by atoms with Crippen LogP contribution < -0.4 is 5.73 Å². The van der Waals surface area contributed by atoms with Gasteiger partial charge >= 0.3 is 0 Å². The fraction of sp³-hybridized carbons (Fsp3) is 0.842. The van der Waals surface area contributed by atoms with Crippen molar-refractivity contribution in [1.82, 2.24) is 9.88 Å². The molecule has 1 aromatic rings. The maximum Gasteiger partial charge on any atom is 0.180 e. The zero-order chi connectivity index (χ0) is 16.2. The van der Waals surface area contributed by atoms with Gasteiger partial charge in [-0.05, 0) is 50.6 Å². The lowest BCUT2D eigenvalue weighted by molar-refractivity contribution is 0.155. The molecule has 2 N–H and O–H groups in total. The minimum atomic E-state index is 0.687. The molecular formula is C19H33N3S. The molecule has 1 heterocycles. The van der Waals surface area contributed by atoms with E-state index in [1.54, 1.807) is 11.3 Å². The second kappa shape index (κ2) is 7.98. The molecule has 1 saturated carbocycles. The molecule has 3 nitrogen and oxygen atoms in total. The van der Waals surface area contributed by atoms with Gasteiger partial charge in [0.25, 0.3) is 0 Å². The number of anilines is 1. The SMILES string of the molecule is CCCN(CCC1CCC(C)CC1)C1CCc2sc(N)nc2C1. The van der Waals surface area contributed by atoms with E-state index in [9.17, 15) is 0 Å². The van der Waals surface area contributed by atoms with Crippen LogP contribution in [0, 0.1) is 11.8 Å². The minimum absolute atomic E-state index is 0.687. The number of nitrogens with zero attached hydrogens (tertiary/aromatic N) is 2. The minimum Gasteiger partial charge on any atom is -0.375 e. The Labute approximate surface area is 145 Å². The number of nitrogens with two attached hydrogens (primary N) is 1. The predicted octanol–water partition coefficient (Wildman–Crippen LogP) is 4.51. The third kappa shape index (κ3) is 4.48. The summed E-state index contributed by atoms with van der Waals surface area (Å²) in [4.78, 5) is 8.77. The van der Waals surface area contributed by atoms with Crippen molar-refractivity contribution in [2.45, 2.75) is 77.7 Å². The molecule has 2 aliphatic carbocycles. The van der Waals surface area contributed by atoms with Crippen LogP contribution in [0.2, 0.25) is 0 Å². The van der Waals surface area contributed by atoms with Crippen molar-refractivity contribution in [3.05, 3.63) is 10.6 Å². The normalized spacial score (nSPS) is 28.0. The van der Waals surface area contributed by atoms with Crippen LogP contribution in [0.25, 0.3) is 0 Å². The van der Waals surface area contributed by atoms with Crippen molar-refractivity contribution in [1.29, 1.82) is 0 Å². The predicted molar refractivity (Wildman–Crippen MR) is 99.9 cm³/mol. The van der Waals surface area contributed by atoms with Crippen LogP contribution in [0.4, 0.5) is 5.13 Å². The van der Waals surface area contributed by atoms with E-state index in [4.69, 9.17) is 5.73 Å². The Kier molecular flexibility index (Phi) is 5.97. The Bertz CT molecular complexity index is 491. The molecule has 0 amide bonds. The first-order valence-corrected chi connectivity index (χ1v) is 10.5. The quantitative estimate of drug-likeness (QED) is 0.831. The summed E-state index contributed by atoms with van der Waals surface area (Å²) in [6, 6.07) is 0.687. The summed E-state index contributed by atoms with van der Waals surface area (Å²) in [6.07, 6.45) is 12.0. The number of fused-ring (bicyclic) bond motifs is 1. The topological polar surface area (TPSA) is 42.1 Å². The molecule has 2 aliphatic rings. The molecule has 0 saturated heterocycles. The number of aromatic nitrogens is 1. The lowest BCUT2D eigenvalue weighted by atomic mass is 9.81. The highest BCUT2D eigenvalue weighted by molar-refractivity contribution is 7.15. The summed E-state index contributed by atoms with van der Waals surface area (Å²) in [5.41, 5.74) is 7.19. The van der Waals surface area contributed by atoms with Gasteiger partial charge in [-0.3, -0.25) is 4.90 Å². The number of hydrogen-bond acceptors (Lipinski definition) is 4. The Hall–Kier alpha value is -0.610. The summed E-state index contributed by atoms with van der Waals surface area (Å²) in [7, 11) is 0. The number of thiazole rings is 1. The Morgan fingerprint density at radius 2 is 1.96 bits per heavy atom. The van der Waals surface area contributed by atoms with Gasteiger partial charge in [0.1, 0.15) is 0 Å². The molecule has 130 valence electrons. The van der Waals surface area contributed by atoms with Gasteiger partial charge < -0.3 is 5.73 Å². The third-order valence-corrected chi connectivity index (χ3v) is 6.90. The fourth-order valence-corrected chi connectivity index (χ4v) is 5.30. The van der Waals surface area contributed by atoms with Gasteiger partial charge in [-0.2, -0.15) is 0 Å². The van der Waals surface area contributed by atoms with Crippen LogP contribution in [0.1, 0.15) is 69.4 Å². The van der Waals surface area contributed by atoms with Gasteiger partial charge in [0.2, 0.25) is 0 Å². The Morgan fingerprint density at radius 1 is 1.17 bits per heavy atom. The Morgan fingerprint density at radius 3 is 2.70 bits per heavy atom. The van der Waals surface area contributed by atoms with E-state index in [-0.39, 0.29) is 0 Å². The highest BCUT2D eigenvalue weighted by Gasteiger charge is 2.27. The van der Waals surface area contributed by atoms with Gasteiger partial charge in [-0.25, -0.2) is 4.98 Å². The van der Waals surface area contributed by atoms with Crippen LogP contribution in [-0.2, 0) is 12.8 Å². The van der Waals surface area contributed by atoms with E-state index in [0.717, 1.165) is 23.4 Å². The molecule has 1 fully saturated rings. The first kappa shape index (κ1) is 17.2. The van der Waals surface area contributed by atoms with Crippen molar-refractivity contribution in [2.24, 2.45) is 11.8 Å². The Balaban J connectivity index is 1.54. The average molecular weight is 336 g/mol. The molecule has 0 aliphatic heterocycles. The van der Waals surface area contributed by atoms with Crippen LogP contribution >= 0.6 is 11.3 Å². The molecule has 4 heteroatoms. The third-order valence-electron chi connectivity index (χ3n) is 5.92. The lowest BCUT2D eigenvalue weighted by Gasteiger charge is -2.35. The highest BCUT2D eigenvalue weighted by atomic mass is 32.1. The maximum atomic E-state index is 5.90. The molecule has 0 aromatic carbocycles. The van der Waals surface area contributed by atoms with Crippen LogP contribution in [0.15, 0.2) is 0 Å². The van der Waals surface area contributed by atoms with Crippen LogP contribution in [-0.4, -0.2) is 29.0 Å².